The Kier molecular flexibility index (Phi) is 3.73. The van der Waals surface area contributed by atoms with Gasteiger partial charge in [-0.1, -0.05) is 6.07 Å². The summed E-state index contributed by atoms with van der Waals surface area (Å²) < 4.78 is 6.67. The summed E-state index contributed by atoms with van der Waals surface area (Å²) >= 11 is 2.21. The van der Waals surface area contributed by atoms with Crippen molar-refractivity contribution < 1.29 is 9.53 Å². The van der Waals surface area contributed by atoms with Crippen molar-refractivity contribution in [3.63, 3.8) is 0 Å². The summed E-state index contributed by atoms with van der Waals surface area (Å²) in [4.78, 5) is 15.3. The van der Waals surface area contributed by atoms with Gasteiger partial charge in [0.25, 0.3) is 0 Å². The second-order valence-electron chi connectivity index (χ2n) is 3.50. The molecule has 2 aromatic rings. The Labute approximate surface area is 113 Å². The zero-order chi connectivity index (χ0) is 12.3. The highest BCUT2D eigenvalue weighted by Gasteiger charge is 2.03. The molecule has 0 saturated heterocycles. The average molecular weight is 339 g/mol. The van der Waals surface area contributed by atoms with Gasteiger partial charge < -0.3 is 4.74 Å². The van der Waals surface area contributed by atoms with Crippen molar-refractivity contribution in [2.45, 2.75) is 6.92 Å². The third kappa shape index (κ3) is 3.26. The van der Waals surface area contributed by atoms with E-state index < -0.39 is 0 Å². The average Bonchev–Trinajstić information content (AvgIpc) is 2.29. The molecule has 0 aliphatic rings. The number of ether oxygens (including phenoxy) is 1. The van der Waals surface area contributed by atoms with Crippen molar-refractivity contribution in [3.8, 4) is 11.6 Å². The molecule has 2 rings (SSSR count). The lowest BCUT2D eigenvalue weighted by Gasteiger charge is -2.05. The van der Waals surface area contributed by atoms with E-state index in [1.807, 2.05) is 24.3 Å². The Morgan fingerprint density at radius 1 is 1.29 bits per heavy atom. The van der Waals surface area contributed by atoms with E-state index in [1.54, 1.807) is 18.3 Å². The Bertz CT molecular complexity index is 555. The minimum atomic E-state index is -0.0000998. The van der Waals surface area contributed by atoms with Crippen LogP contribution in [-0.4, -0.2) is 10.8 Å². The fourth-order valence-electron chi connectivity index (χ4n) is 1.34. The predicted octanol–water partition coefficient (Wildman–Crippen LogP) is 3.68. The fraction of sp³-hybridized carbons (Fsp3) is 0.0769. The predicted molar refractivity (Wildman–Crippen MR) is 73.5 cm³/mol. The van der Waals surface area contributed by atoms with Crippen LogP contribution in [0.25, 0.3) is 0 Å². The highest BCUT2D eigenvalue weighted by atomic mass is 127. The molecule has 0 spiro atoms. The van der Waals surface area contributed by atoms with Gasteiger partial charge in [-0.3, -0.25) is 4.79 Å². The number of nitrogens with zero attached hydrogens (tertiary/aromatic N) is 1. The van der Waals surface area contributed by atoms with Gasteiger partial charge in [0.15, 0.2) is 5.78 Å². The smallest absolute Gasteiger partial charge is 0.219 e. The molecule has 17 heavy (non-hydrogen) atoms. The van der Waals surface area contributed by atoms with E-state index in [0.29, 0.717) is 17.2 Å². The lowest BCUT2D eigenvalue weighted by atomic mass is 10.2. The second-order valence-corrected chi connectivity index (χ2v) is 4.74. The number of halogens is 1. The summed E-state index contributed by atoms with van der Waals surface area (Å²) in [5.41, 5.74) is 0.598. The number of rotatable bonds is 3. The first kappa shape index (κ1) is 12.0. The van der Waals surface area contributed by atoms with Crippen molar-refractivity contribution in [1.82, 2.24) is 4.98 Å². The molecule has 0 radical (unpaired) electrons. The third-order valence-electron chi connectivity index (χ3n) is 2.16. The number of carbonyl (C=O) groups is 1. The van der Waals surface area contributed by atoms with E-state index in [9.17, 15) is 4.79 Å². The first-order chi connectivity index (χ1) is 8.15. The Morgan fingerprint density at radius 2 is 2.12 bits per heavy atom. The van der Waals surface area contributed by atoms with Crippen LogP contribution in [-0.2, 0) is 0 Å². The number of pyridine rings is 1. The number of ketones is 1. The zero-order valence-corrected chi connectivity index (χ0v) is 11.3. The molecular weight excluding hydrogens is 329 g/mol. The Hall–Kier alpha value is -1.43. The van der Waals surface area contributed by atoms with E-state index >= 15 is 0 Å². The van der Waals surface area contributed by atoms with Gasteiger partial charge in [-0.05, 0) is 53.8 Å². The van der Waals surface area contributed by atoms with Gasteiger partial charge in [0.2, 0.25) is 5.88 Å². The molecule has 3 nitrogen and oxygen atoms in total. The number of aromatic nitrogens is 1. The van der Waals surface area contributed by atoms with Crippen LogP contribution in [0.1, 0.15) is 17.3 Å². The standard InChI is InChI=1S/C13H10INO2/c1-9(16)10-5-6-15-13(7-10)17-12-4-2-3-11(14)8-12/h2-8H,1H3. The molecule has 0 unspecified atom stereocenters. The van der Waals surface area contributed by atoms with Gasteiger partial charge in [-0.2, -0.15) is 0 Å². The highest BCUT2D eigenvalue weighted by molar-refractivity contribution is 14.1. The summed E-state index contributed by atoms with van der Waals surface area (Å²) in [6.07, 6.45) is 1.57. The molecule has 1 heterocycles. The molecule has 1 aromatic carbocycles. The fourth-order valence-corrected chi connectivity index (χ4v) is 1.85. The van der Waals surface area contributed by atoms with Crippen molar-refractivity contribution in [2.75, 3.05) is 0 Å². The Morgan fingerprint density at radius 3 is 2.82 bits per heavy atom. The maximum atomic E-state index is 11.2. The van der Waals surface area contributed by atoms with Gasteiger partial charge >= 0.3 is 0 Å². The van der Waals surface area contributed by atoms with Gasteiger partial charge in [0.1, 0.15) is 5.75 Å². The van der Waals surface area contributed by atoms with Crippen LogP contribution in [0.5, 0.6) is 11.6 Å². The third-order valence-corrected chi connectivity index (χ3v) is 2.83. The molecule has 0 aliphatic carbocycles. The molecule has 0 amide bonds. The molecular formula is C13H10INO2. The van der Waals surface area contributed by atoms with Crippen molar-refractivity contribution in [1.29, 1.82) is 0 Å². The molecule has 4 heteroatoms. The minimum absolute atomic E-state index is 0.0000998. The maximum Gasteiger partial charge on any atom is 0.219 e. The largest absolute Gasteiger partial charge is 0.439 e. The Balaban J connectivity index is 2.24. The number of Topliss-reactive ketones (excluding diaryl/α,β-unsaturated/α-hetero) is 1. The molecule has 1 aromatic heterocycles. The van der Waals surface area contributed by atoms with Gasteiger partial charge in [-0.15, -0.1) is 0 Å². The summed E-state index contributed by atoms with van der Waals surface area (Å²) in [7, 11) is 0. The quantitative estimate of drug-likeness (QED) is 0.633. The SMILES string of the molecule is CC(=O)c1ccnc(Oc2cccc(I)c2)c1. The van der Waals surface area contributed by atoms with Crippen molar-refractivity contribution in [3.05, 3.63) is 51.7 Å². The van der Waals surface area contributed by atoms with Crippen LogP contribution < -0.4 is 4.74 Å². The summed E-state index contributed by atoms with van der Waals surface area (Å²) in [6.45, 7) is 1.52. The molecule has 0 bridgehead atoms. The molecule has 0 fully saturated rings. The molecule has 0 N–H and O–H groups in total. The van der Waals surface area contributed by atoms with Gasteiger partial charge in [-0.25, -0.2) is 4.98 Å². The first-order valence-electron chi connectivity index (χ1n) is 5.05. The van der Waals surface area contributed by atoms with Crippen LogP contribution in [0, 0.1) is 3.57 Å². The van der Waals surface area contributed by atoms with Crippen molar-refractivity contribution >= 4 is 28.4 Å². The number of benzene rings is 1. The van der Waals surface area contributed by atoms with E-state index in [0.717, 1.165) is 3.57 Å². The van der Waals surface area contributed by atoms with Crippen LogP contribution in [0.15, 0.2) is 42.6 Å². The van der Waals surface area contributed by atoms with E-state index in [2.05, 4.69) is 27.6 Å². The second kappa shape index (κ2) is 5.27. The first-order valence-corrected chi connectivity index (χ1v) is 6.13. The van der Waals surface area contributed by atoms with Gasteiger partial charge in [0.05, 0.1) is 0 Å². The van der Waals surface area contributed by atoms with Gasteiger partial charge in [0, 0.05) is 21.4 Å². The van der Waals surface area contributed by atoms with E-state index in [4.69, 9.17) is 4.74 Å². The number of carbonyl (C=O) groups excluding carboxylic acids is 1. The van der Waals surface area contributed by atoms with E-state index in [1.165, 1.54) is 6.92 Å². The van der Waals surface area contributed by atoms with Crippen LogP contribution in [0.3, 0.4) is 0 Å². The monoisotopic (exact) mass is 339 g/mol. The molecule has 0 aliphatic heterocycles. The topological polar surface area (TPSA) is 39.2 Å². The van der Waals surface area contributed by atoms with Crippen molar-refractivity contribution in [2.24, 2.45) is 0 Å². The lowest BCUT2D eigenvalue weighted by molar-refractivity contribution is 0.101. The number of hydrogen-bond acceptors (Lipinski definition) is 3. The zero-order valence-electron chi connectivity index (χ0n) is 9.18. The summed E-state index contributed by atoms with van der Waals surface area (Å²) in [5.74, 6) is 1.14. The van der Waals surface area contributed by atoms with Crippen LogP contribution in [0.2, 0.25) is 0 Å². The summed E-state index contributed by atoms with van der Waals surface area (Å²) in [6, 6.07) is 11.0. The van der Waals surface area contributed by atoms with E-state index in [-0.39, 0.29) is 5.78 Å². The maximum absolute atomic E-state index is 11.2. The number of hydrogen-bond donors (Lipinski definition) is 0. The summed E-state index contributed by atoms with van der Waals surface area (Å²) in [5, 5.41) is 0. The normalized spacial score (nSPS) is 10.0. The molecule has 0 atom stereocenters. The molecule has 0 saturated carbocycles. The minimum Gasteiger partial charge on any atom is -0.439 e. The lowest BCUT2D eigenvalue weighted by Crippen LogP contribution is -1.94. The van der Waals surface area contributed by atoms with Crippen LogP contribution in [0.4, 0.5) is 0 Å². The van der Waals surface area contributed by atoms with Crippen LogP contribution >= 0.6 is 22.6 Å². The highest BCUT2D eigenvalue weighted by Crippen LogP contribution is 2.21. The molecule has 86 valence electrons.